The predicted octanol–water partition coefficient (Wildman–Crippen LogP) is -1.76. The average molecular weight is 224 g/mol. The van der Waals surface area contributed by atoms with E-state index >= 15 is 0 Å². The van der Waals surface area contributed by atoms with Gasteiger partial charge in [-0.1, -0.05) is 0 Å². The summed E-state index contributed by atoms with van der Waals surface area (Å²) in [6.45, 7) is 0.205. The molecule has 2 heterocycles. The van der Waals surface area contributed by atoms with Gasteiger partial charge in [-0.15, -0.1) is 0 Å². The van der Waals surface area contributed by atoms with Crippen molar-refractivity contribution in [2.75, 3.05) is 6.54 Å². The van der Waals surface area contributed by atoms with Crippen molar-refractivity contribution in [1.29, 1.82) is 0 Å². The van der Waals surface area contributed by atoms with Crippen molar-refractivity contribution in [3.05, 3.63) is 18.4 Å². The van der Waals surface area contributed by atoms with Gasteiger partial charge >= 0.3 is 0 Å². The molecule has 0 aromatic carbocycles. The van der Waals surface area contributed by atoms with Crippen LogP contribution in [0.5, 0.6) is 0 Å². The summed E-state index contributed by atoms with van der Waals surface area (Å²) in [5.41, 5.74) is 9.44. The van der Waals surface area contributed by atoms with Crippen LogP contribution in [0, 0.1) is 0 Å². The highest BCUT2D eigenvalue weighted by atomic mass is 16.3. The minimum absolute atomic E-state index is 0.179. The van der Waals surface area contributed by atoms with E-state index in [1.807, 2.05) is 0 Å². The number of hydrogen-bond donors (Lipinski definition) is 3. The zero-order valence-corrected chi connectivity index (χ0v) is 8.47. The van der Waals surface area contributed by atoms with Crippen LogP contribution in [0.15, 0.2) is 16.9 Å². The maximum Gasteiger partial charge on any atom is 0.234 e. The molecule has 0 spiro atoms. The van der Waals surface area contributed by atoms with E-state index in [-0.39, 0.29) is 18.9 Å². The molecule has 86 valence electrons. The molecule has 1 saturated heterocycles. The Balaban J connectivity index is 2.33. The lowest BCUT2D eigenvalue weighted by Gasteiger charge is -2.19. The highest BCUT2D eigenvalue weighted by Gasteiger charge is 2.50. The van der Waals surface area contributed by atoms with Gasteiger partial charge in [0.1, 0.15) is 11.7 Å². The third-order valence-electron chi connectivity index (χ3n) is 2.86. The fourth-order valence-corrected chi connectivity index (χ4v) is 1.91. The number of nitrogens with one attached hydrogen (secondary N) is 1. The van der Waals surface area contributed by atoms with E-state index in [1.54, 1.807) is 0 Å². The molecule has 0 saturated carbocycles. The number of aromatic nitrogens is 1. The predicted molar refractivity (Wildman–Crippen MR) is 53.0 cm³/mol. The monoisotopic (exact) mass is 224 g/mol. The average Bonchev–Trinajstić information content (AvgIpc) is 2.87. The molecule has 5 N–H and O–H groups in total. The van der Waals surface area contributed by atoms with E-state index in [0.29, 0.717) is 0 Å². The first-order valence-corrected chi connectivity index (χ1v) is 4.79. The molecule has 0 aliphatic carbocycles. The van der Waals surface area contributed by atoms with E-state index in [1.165, 1.54) is 12.5 Å². The second-order valence-electron chi connectivity index (χ2n) is 3.82. The third-order valence-corrected chi connectivity index (χ3v) is 2.86. The molecule has 1 fully saturated rings. The van der Waals surface area contributed by atoms with Crippen molar-refractivity contribution in [3.63, 3.8) is 0 Å². The van der Waals surface area contributed by atoms with E-state index in [0.717, 1.165) is 0 Å². The van der Waals surface area contributed by atoms with Gasteiger partial charge < -0.3 is 21.2 Å². The van der Waals surface area contributed by atoms with Crippen LogP contribution < -0.4 is 16.8 Å². The van der Waals surface area contributed by atoms with Crippen molar-refractivity contribution in [2.24, 2.45) is 11.5 Å². The van der Waals surface area contributed by atoms with Gasteiger partial charge in [-0.2, -0.15) is 0 Å². The molecule has 2 rings (SSSR count). The minimum Gasteiger partial charge on any atom is -0.448 e. The maximum atomic E-state index is 11.5. The molecular formula is C9H12N4O3. The zero-order chi connectivity index (χ0) is 11.8. The molecule has 0 bridgehead atoms. The van der Waals surface area contributed by atoms with E-state index in [4.69, 9.17) is 15.9 Å². The standard InChI is InChI=1S/C9H12N4O3/c10-6(14)5-3-9(4-13-5,7(11)15)8-12-1-2-16-8/h1-2,5,13H,3-4H2,(H2,10,14)(H2,11,15). The number of oxazole rings is 1. The lowest BCUT2D eigenvalue weighted by Crippen LogP contribution is -2.43. The van der Waals surface area contributed by atoms with Crippen molar-refractivity contribution >= 4 is 11.8 Å². The van der Waals surface area contributed by atoms with Gasteiger partial charge in [-0.25, -0.2) is 4.98 Å². The summed E-state index contributed by atoms with van der Waals surface area (Å²) in [7, 11) is 0. The molecule has 1 aliphatic heterocycles. The molecule has 1 aromatic rings. The molecule has 1 aliphatic rings. The first-order valence-electron chi connectivity index (χ1n) is 4.79. The smallest absolute Gasteiger partial charge is 0.234 e. The zero-order valence-electron chi connectivity index (χ0n) is 8.47. The molecular weight excluding hydrogens is 212 g/mol. The number of amides is 2. The van der Waals surface area contributed by atoms with Crippen molar-refractivity contribution in [1.82, 2.24) is 10.3 Å². The lowest BCUT2D eigenvalue weighted by molar-refractivity contribution is -0.123. The summed E-state index contributed by atoms with van der Waals surface area (Å²) in [6.07, 6.45) is 2.97. The Labute approximate surface area is 91.2 Å². The lowest BCUT2D eigenvalue weighted by atomic mass is 9.84. The summed E-state index contributed by atoms with van der Waals surface area (Å²) >= 11 is 0. The Morgan fingerprint density at radius 1 is 1.56 bits per heavy atom. The SMILES string of the molecule is NC(=O)C1CC(C(N)=O)(c2ncco2)CN1. The number of primary amides is 2. The summed E-state index contributed by atoms with van der Waals surface area (Å²) in [6, 6.07) is -0.584. The van der Waals surface area contributed by atoms with Gasteiger partial charge in [-0.3, -0.25) is 9.59 Å². The number of carbonyl (C=O) groups excluding carboxylic acids is 2. The van der Waals surface area contributed by atoms with E-state index in [2.05, 4.69) is 10.3 Å². The minimum atomic E-state index is -1.08. The van der Waals surface area contributed by atoms with Gasteiger partial charge in [0.05, 0.1) is 12.2 Å². The number of nitrogens with two attached hydrogens (primary N) is 2. The van der Waals surface area contributed by atoms with E-state index < -0.39 is 23.3 Å². The molecule has 7 nitrogen and oxygen atoms in total. The first-order chi connectivity index (χ1) is 7.56. The quantitative estimate of drug-likeness (QED) is 0.561. The fraction of sp³-hybridized carbons (Fsp3) is 0.444. The Morgan fingerprint density at radius 3 is 2.75 bits per heavy atom. The molecule has 2 amide bonds. The van der Waals surface area contributed by atoms with Crippen molar-refractivity contribution < 1.29 is 14.0 Å². The Bertz CT molecular complexity index is 416. The van der Waals surface area contributed by atoms with Gasteiger partial charge in [0.15, 0.2) is 0 Å². The molecule has 7 heteroatoms. The first kappa shape index (κ1) is 10.6. The number of carbonyl (C=O) groups is 2. The number of hydrogen-bond acceptors (Lipinski definition) is 5. The van der Waals surface area contributed by atoms with E-state index in [9.17, 15) is 9.59 Å². The fourth-order valence-electron chi connectivity index (χ4n) is 1.91. The van der Waals surface area contributed by atoms with Gasteiger partial charge in [0.2, 0.25) is 17.7 Å². The topological polar surface area (TPSA) is 124 Å². The van der Waals surface area contributed by atoms with Crippen LogP contribution in [0.2, 0.25) is 0 Å². The Morgan fingerprint density at radius 2 is 2.31 bits per heavy atom. The van der Waals surface area contributed by atoms with Crippen molar-refractivity contribution in [3.8, 4) is 0 Å². The molecule has 1 aromatic heterocycles. The number of rotatable bonds is 3. The molecule has 16 heavy (non-hydrogen) atoms. The van der Waals surface area contributed by atoms with Crippen LogP contribution in [-0.4, -0.2) is 29.4 Å². The molecule has 0 radical (unpaired) electrons. The molecule has 2 unspecified atom stereocenters. The normalized spacial score (nSPS) is 29.1. The Kier molecular flexibility index (Phi) is 2.39. The molecule has 2 atom stereocenters. The van der Waals surface area contributed by atoms with Crippen LogP contribution in [0.4, 0.5) is 0 Å². The highest BCUT2D eigenvalue weighted by molar-refractivity contribution is 5.89. The summed E-state index contributed by atoms with van der Waals surface area (Å²) in [4.78, 5) is 26.5. The van der Waals surface area contributed by atoms with Crippen molar-refractivity contribution in [2.45, 2.75) is 17.9 Å². The van der Waals surface area contributed by atoms with Crippen LogP contribution in [-0.2, 0) is 15.0 Å². The largest absolute Gasteiger partial charge is 0.448 e. The van der Waals surface area contributed by atoms with Crippen LogP contribution in [0.1, 0.15) is 12.3 Å². The van der Waals surface area contributed by atoms with Gasteiger partial charge in [0.25, 0.3) is 0 Å². The second kappa shape index (κ2) is 3.60. The summed E-state index contributed by atoms with van der Waals surface area (Å²) in [5.74, 6) is -0.878. The third kappa shape index (κ3) is 1.45. The van der Waals surface area contributed by atoms with Gasteiger partial charge in [0, 0.05) is 6.54 Å². The van der Waals surface area contributed by atoms with Gasteiger partial charge in [-0.05, 0) is 6.42 Å². The van der Waals surface area contributed by atoms with Crippen LogP contribution in [0.3, 0.4) is 0 Å². The number of nitrogens with zero attached hydrogens (tertiary/aromatic N) is 1. The Hall–Kier alpha value is -1.89. The maximum absolute atomic E-state index is 11.5. The highest BCUT2D eigenvalue weighted by Crippen LogP contribution is 2.32. The van der Waals surface area contributed by atoms with Crippen LogP contribution >= 0.6 is 0 Å². The summed E-state index contributed by atoms with van der Waals surface area (Å²) < 4.78 is 5.11. The second-order valence-corrected chi connectivity index (χ2v) is 3.82. The van der Waals surface area contributed by atoms with Crippen LogP contribution in [0.25, 0.3) is 0 Å². The summed E-state index contributed by atoms with van der Waals surface area (Å²) in [5, 5.41) is 2.84.